The molecule has 0 aromatic rings. The molecule has 0 aliphatic carbocycles. The maximum absolute atomic E-state index is 12.9. The Morgan fingerprint density at radius 2 is 1.47 bits per heavy atom. The summed E-state index contributed by atoms with van der Waals surface area (Å²) in [5.41, 5.74) is 2.57. The predicted molar refractivity (Wildman–Crippen MR) is 143 cm³/mol. The number of rotatable bonds is 16. The van der Waals surface area contributed by atoms with Crippen LogP contribution in [0.5, 0.6) is 0 Å². The molecule has 0 saturated heterocycles. The summed E-state index contributed by atoms with van der Waals surface area (Å²) in [6.45, 7) is 9.95. The van der Waals surface area contributed by atoms with Gasteiger partial charge in [-0.05, 0) is 51.6 Å². The lowest BCUT2D eigenvalue weighted by atomic mass is 9.97. The molecule has 38 heavy (non-hydrogen) atoms. The van der Waals surface area contributed by atoms with Gasteiger partial charge in [0.25, 0.3) is 11.8 Å². The molecular formula is C27H45N5O6. The quantitative estimate of drug-likeness (QED) is 0.173. The largest absolute Gasteiger partial charge is 0.345 e. The van der Waals surface area contributed by atoms with Crippen molar-refractivity contribution in [3.63, 3.8) is 0 Å². The molecule has 0 fully saturated rings. The highest BCUT2D eigenvalue weighted by Gasteiger charge is 2.30. The third kappa shape index (κ3) is 10.7. The number of carbonyl (C=O) groups is 6. The summed E-state index contributed by atoms with van der Waals surface area (Å²) in [6, 6.07) is -0.979. The van der Waals surface area contributed by atoms with E-state index in [-0.39, 0.29) is 60.0 Å². The minimum Gasteiger partial charge on any atom is -0.345 e. The first-order chi connectivity index (χ1) is 17.8. The molecule has 2 atom stereocenters. The van der Waals surface area contributed by atoms with Gasteiger partial charge in [-0.25, -0.2) is 0 Å². The van der Waals surface area contributed by atoms with Crippen molar-refractivity contribution in [3.05, 3.63) is 12.2 Å². The zero-order chi connectivity index (χ0) is 29.0. The molecule has 2 N–H and O–H groups in total. The van der Waals surface area contributed by atoms with Gasteiger partial charge in [0.2, 0.25) is 17.7 Å². The summed E-state index contributed by atoms with van der Waals surface area (Å²) in [5.74, 6) is -1.44. The normalized spacial score (nSPS) is 14.8. The smallest absolute Gasteiger partial charge is 0.253 e. The Morgan fingerprint density at radius 3 is 2.00 bits per heavy atom. The molecule has 1 aliphatic heterocycles. The van der Waals surface area contributed by atoms with E-state index in [4.69, 9.17) is 0 Å². The number of likely N-dealkylation sites (N-methyl/N-ethyl adjacent to an activating group) is 1. The van der Waals surface area contributed by atoms with Crippen molar-refractivity contribution in [2.75, 3.05) is 27.2 Å². The summed E-state index contributed by atoms with van der Waals surface area (Å²) in [5, 5.41) is 4.05. The predicted octanol–water partition coefficient (Wildman–Crippen LogP) is 1.43. The molecule has 11 heteroatoms. The summed E-state index contributed by atoms with van der Waals surface area (Å²) >= 11 is 0. The molecule has 1 aliphatic rings. The molecule has 0 saturated carbocycles. The van der Waals surface area contributed by atoms with Crippen LogP contribution in [0.2, 0.25) is 0 Å². The molecular weight excluding hydrogens is 490 g/mol. The first kappa shape index (κ1) is 32.9. The zero-order valence-electron chi connectivity index (χ0n) is 23.9. The molecule has 0 spiro atoms. The lowest BCUT2D eigenvalue weighted by Gasteiger charge is -2.32. The van der Waals surface area contributed by atoms with E-state index in [9.17, 15) is 28.8 Å². The van der Waals surface area contributed by atoms with E-state index >= 15 is 0 Å². The van der Waals surface area contributed by atoms with Crippen molar-refractivity contribution in [1.29, 1.82) is 0 Å². The Hall–Kier alpha value is -3.08. The maximum atomic E-state index is 12.9. The molecule has 11 nitrogen and oxygen atoms in total. The molecule has 0 bridgehead atoms. The van der Waals surface area contributed by atoms with Gasteiger partial charge in [-0.1, -0.05) is 34.1 Å². The van der Waals surface area contributed by atoms with Crippen molar-refractivity contribution in [1.82, 2.24) is 25.6 Å². The third-order valence-electron chi connectivity index (χ3n) is 6.53. The van der Waals surface area contributed by atoms with Gasteiger partial charge in [-0.3, -0.25) is 49.0 Å². The van der Waals surface area contributed by atoms with E-state index in [1.54, 1.807) is 0 Å². The van der Waals surface area contributed by atoms with E-state index in [2.05, 4.69) is 10.7 Å². The second kappa shape index (κ2) is 16.0. The van der Waals surface area contributed by atoms with E-state index in [0.717, 1.165) is 0 Å². The van der Waals surface area contributed by atoms with Crippen LogP contribution in [-0.4, -0.2) is 89.4 Å². The first-order valence-corrected chi connectivity index (χ1v) is 13.4. The van der Waals surface area contributed by atoms with Crippen LogP contribution in [0, 0.1) is 11.8 Å². The zero-order valence-corrected chi connectivity index (χ0v) is 23.9. The number of hydrogen-bond acceptors (Lipinski definition) is 7. The number of nitrogens with zero attached hydrogens (tertiary/aromatic N) is 3. The Labute approximate surface area is 226 Å². The number of hydrogen-bond donors (Lipinski definition) is 2. The minimum atomic E-state index is -0.535. The molecule has 214 valence electrons. The molecule has 1 rings (SSSR count). The first-order valence-electron chi connectivity index (χ1n) is 13.4. The summed E-state index contributed by atoms with van der Waals surface area (Å²) in [4.78, 5) is 75.6. The van der Waals surface area contributed by atoms with E-state index in [1.807, 2.05) is 39.6 Å². The van der Waals surface area contributed by atoms with Gasteiger partial charge < -0.3 is 5.32 Å². The Kier molecular flexibility index (Phi) is 13.9. The lowest BCUT2D eigenvalue weighted by molar-refractivity contribution is -0.140. The number of imide groups is 1. The number of Topliss-reactive ketones (excluding diaryl/α,β-unsaturated/α-hetero) is 1. The van der Waals surface area contributed by atoms with Crippen LogP contribution in [0.15, 0.2) is 12.2 Å². The Bertz CT molecular complexity index is 882. The fraction of sp³-hybridized carbons (Fsp3) is 0.704. The molecule has 2 unspecified atom stereocenters. The van der Waals surface area contributed by atoms with Crippen molar-refractivity contribution < 1.29 is 28.8 Å². The summed E-state index contributed by atoms with van der Waals surface area (Å²) in [6.07, 6.45) is 5.26. The van der Waals surface area contributed by atoms with E-state index in [0.29, 0.717) is 38.8 Å². The SMILES string of the molecule is CC(=O)C(NC(=O)C(C(C)C)N(C)CCCC(=O)N(C)NC(=O)CCCCCN1C(=O)C=CC1=O)C(C)C. The number of unbranched alkanes of at least 4 members (excludes halogenated alkanes) is 2. The van der Waals surface area contributed by atoms with Crippen molar-refractivity contribution >= 4 is 35.3 Å². The number of ketones is 1. The van der Waals surface area contributed by atoms with Crippen LogP contribution in [0.4, 0.5) is 0 Å². The lowest BCUT2D eigenvalue weighted by Crippen LogP contribution is -2.54. The van der Waals surface area contributed by atoms with Gasteiger partial charge in [-0.2, -0.15) is 0 Å². The third-order valence-corrected chi connectivity index (χ3v) is 6.53. The highest BCUT2D eigenvalue weighted by atomic mass is 16.2. The molecule has 0 radical (unpaired) electrons. The van der Waals surface area contributed by atoms with Crippen LogP contribution in [0.1, 0.15) is 73.1 Å². The van der Waals surface area contributed by atoms with Crippen molar-refractivity contribution in [3.8, 4) is 0 Å². The van der Waals surface area contributed by atoms with Crippen LogP contribution in [0.3, 0.4) is 0 Å². The standard InChI is InChI=1S/C27H45N5O6/c1-18(2)25(20(5)33)28-27(38)26(19(3)4)30(6)16-11-13-22(35)31(7)29-21(34)12-9-8-10-17-32-23(36)14-15-24(32)37/h14-15,18-19,25-26H,8-13,16-17H2,1-7H3,(H,28,38)(H,29,34). The number of amides is 5. The Balaban J connectivity index is 2.37. The van der Waals surface area contributed by atoms with Crippen LogP contribution in [-0.2, 0) is 28.8 Å². The number of hydrazine groups is 1. The summed E-state index contributed by atoms with van der Waals surface area (Å²) < 4.78 is 0. The van der Waals surface area contributed by atoms with Gasteiger partial charge in [0, 0.05) is 38.6 Å². The topological polar surface area (TPSA) is 136 Å². The average Bonchev–Trinajstić information content (AvgIpc) is 3.13. The van der Waals surface area contributed by atoms with Gasteiger partial charge in [0.05, 0.1) is 12.1 Å². The van der Waals surface area contributed by atoms with Crippen LogP contribution in [0.25, 0.3) is 0 Å². The monoisotopic (exact) mass is 535 g/mol. The van der Waals surface area contributed by atoms with Crippen LogP contribution < -0.4 is 10.7 Å². The second-order valence-electron chi connectivity index (χ2n) is 10.6. The number of nitrogens with one attached hydrogen (secondary N) is 2. The van der Waals surface area contributed by atoms with Crippen molar-refractivity contribution in [2.24, 2.45) is 11.8 Å². The highest BCUT2D eigenvalue weighted by Crippen LogP contribution is 2.13. The fourth-order valence-electron chi connectivity index (χ4n) is 4.46. The van der Waals surface area contributed by atoms with Crippen molar-refractivity contribution in [2.45, 2.75) is 85.2 Å². The van der Waals surface area contributed by atoms with Gasteiger partial charge >= 0.3 is 0 Å². The van der Waals surface area contributed by atoms with Gasteiger partial charge in [-0.15, -0.1) is 0 Å². The maximum Gasteiger partial charge on any atom is 0.253 e. The molecule has 1 heterocycles. The average molecular weight is 536 g/mol. The molecule has 0 aromatic heterocycles. The van der Waals surface area contributed by atoms with Crippen LogP contribution >= 0.6 is 0 Å². The molecule has 0 aromatic carbocycles. The number of carbonyl (C=O) groups excluding carboxylic acids is 6. The minimum absolute atomic E-state index is 0.00503. The Morgan fingerprint density at radius 1 is 0.868 bits per heavy atom. The second-order valence-corrected chi connectivity index (χ2v) is 10.6. The highest BCUT2D eigenvalue weighted by molar-refractivity contribution is 6.12. The fourth-order valence-corrected chi connectivity index (χ4v) is 4.46. The summed E-state index contributed by atoms with van der Waals surface area (Å²) in [7, 11) is 3.32. The van der Waals surface area contributed by atoms with Gasteiger partial charge in [0.15, 0.2) is 5.78 Å². The van der Waals surface area contributed by atoms with E-state index < -0.39 is 12.1 Å². The van der Waals surface area contributed by atoms with Gasteiger partial charge in [0.1, 0.15) is 0 Å². The van der Waals surface area contributed by atoms with E-state index in [1.165, 1.54) is 36.0 Å². The molecule has 5 amide bonds.